The van der Waals surface area contributed by atoms with Crippen LogP contribution in [0.1, 0.15) is 11.4 Å². The van der Waals surface area contributed by atoms with Gasteiger partial charge in [-0.05, 0) is 37.1 Å². The summed E-state index contributed by atoms with van der Waals surface area (Å²) in [4.78, 5) is 12.3. The van der Waals surface area contributed by atoms with Crippen LogP contribution in [-0.4, -0.2) is 19.3 Å². The summed E-state index contributed by atoms with van der Waals surface area (Å²) in [7, 11) is 0. The quantitative estimate of drug-likeness (QED) is 0.776. The maximum Gasteiger partial charge on any atom is 0.176 e. The van der Waals surface area contributed by atoms with Crippen LogP contribution >= 0.6 is 34.9 Å². The highest BCUT2D eigenvalue weighted by Gasteiger charge is 2.09. The molecule has 2 aromatic heterocycles. The van der Waals surface area contributed by atoms with Gasteiger partial charge in [0.25, 0.3) is 0 Å². The highest BCUT2D eigenvalue weighted by molar-refractivity contribution is 8.00. The van der Waals surface area contributed by atoms with E-state index in [1.165, 1.54) is 29.6 Å². The molecule has 15 heavy (non-hydrogen) atoms. The summed E-state index contributed by atoms with van der Waals surface area (Å²) in [6.07, 6.45) is 1.45. The Balaban J connectivity index is 2.28. The molecule has 0 aliphatic rings. The van der Waals surface area contributed by atoms with Crippen LogP contribution in [-0.2, 0) is 0 Å². The Morgan fingerprint density at radius 2 is 2.13 bits per heavy atom. The fourth-order valence-corrected chi connectivity index (χ4v) is 2.72. The van der Waals surface area contributed by atoms with Crippen molar-refractivity contribution >= 4 is 34.9 Å². The molecular formula is C8H7ClN4S2. The molecule has 0 spiro atoms. The first kappa shape index (κ1) is 10.8. The molecule has 0 saturated carbocycles. The van der Waals surface area contributed by atoms with Gasteiger partial charge in [0.15, 0.2) is 4.34 Å². The van der Waals surface area contributed by atoms with Crippen molar-refractivity contribution in [3.63, 3.8) is 0 Å². The number of aromatic nitrogens is 4. The molecule has 0 aromatic carbocycles. The lowest BCUT2D eigenvalue weighted by Gasteiger charge is -2.01. The largest absolute Gasteiger partial charge is 0.229 e. The standard InChI is InChI=1S/C8H7ClN4S2/c1-4-6(9)10-3-11-7(4)14-8-12-5(2)13-15-8/h3H,1-2H3. The van der Waals surface area contributed by atoms with Gasteiger partial charge in [-0.15, -0.1) is 0 Å². The van der Waals surface area contributed by atoms with E-state index in [1.54, 1.807) is 0 Å². The van der Waals surface area contributed by atoms with Gasteiger partial charge >= 0.3 is 0 Å². The lowest BCUT2D eigenvalue weighted by molar-refractivity contribution is 0.999. The third kappa shape index (κ3) is 2.45. The number of hydrogen-bond donors (Lipinski definition) is 0. The summed E-state index contributed by atoms with van der Waals surface area (Å²) < 4.78 is 4.96. The molecule has 0 saturated heterocycles. The van der Waals surface area contributed by atoms with E-state index in [0.29, 0.717) is 5.15 Å². The Morgan fingerprint density at radius 1 is 1.33 bits per heavy atom. The van der Waals surface area contributed by atoms with E-state index < -0.39 is 0 Å². The first-order valence-electron chi connectivity index (χ1n) is 4.12. The minimum Gasteiger partial charge on any atom is -0.229 e. The second-order valence-electron chi connectivity index (χ2n) is 2.80. The van der Waals surface area contributed by atoms with Crippen molar-refractivity contribution in [2.75, 3.05) is 0 Å². The number of aryl methyl sites for hydroxylation is 1. The maximum atomic E-state index is 5.89. The summed E-state index contributed by atoms with van der Waals surface area (Å²) in [6, 6.07) is 0. The lowest BCUT2D eigenvalue weighted by Crippen LogP contribution is -1.89. The van der Waals surface area contributed by atoms with Crippen LogP contribution in [0.25, 0.3) is 0 Å². The molecule has 0 fully saturated rings. The molecule has 4 nitrogen and oxygen atoms in total. The van der Waals surface area contributed by atoms with Crippen molar-refractivity contribution in [1.29, 1.82) is 0 Å². The van der Waals surface area contributed by atoms with Crippen molar-refractivity contribution in [2.45, 2.75) is 23.2 Å². The maximum absolute atomic E-state index is 5.89. The fraction of sp³-hybridized carbons (Fsp3) is 0.250. The van der Waals surface area contributed by atoms with Crippen LogP contribution in [0.2, 0.25) is 5.15 Å². The van der Waals surface area contributed by atoms with E-state index in [4.69, 9.17) is 11.6 Å². The lowest BCUT2D eigenvalue weighted by atomic mass is 10.4. The third-order valence-corrected chi connectivity index (χ3v) is 4.00. The normalized spacial score (nSPS) is 10.6. The number of rotatable bonds is 2. The first-order chi connectivity index (χ1) is 7.16. The second-order valence-corrected chi connectivity index (χ2v) is 5.15. The molecular weight excluding hydrogens is 252 g/mol. The van der Waals surface area contributed by atoms with E-state index in [0.717, 1.165) is 20.8 Å². The van der Waals surface area contributed by atoms with Crippen LogP contribution in [0.4, 0.5) is 0 Å². The van der Waals surface area contributed by atoms with Gasteiger partial charge in [-0.3, -0.25) is 0 Å². The molecule has 0 atom stereocenters. The fourth-order valence-electron chi connectivity index (χ4n) is 0.919. The summed E-state index contributed by atoms with van der Waals surface area (Å²) in [5, 5.41) is 1.31. The zero-order valence-electron chi connectivity index (χ0n) is 8.06. The van der Waals surface area contributed by atoms with E-state index in [2.05, 4.69) is 19.3 Å². The van der Waals surface area contributed by atoms with Crippen molar-refractivity contribution in [2.24, 2.45) is 0 Å². The van der Waals surface area contributed by atoms with Crippen LogP contribution < -0.4 is 0 Å². The number of nitrogens with zero attached hydrogens (tertiary/aromatic N) is 4. The Hall–Kier alpha value is -0.720. The first-order valence-corrected chi connectivity index (χ1v) is 6.09. The molecule has 0 bridgehead atoms. The molecule has 2 heterocycles. The molecule has 0 radical (unpaired) electrons. The highest BCUT2D eigenvalue weighted by Crippen LogP contribution is 2.31. The molecule has 7 heteroatoms. The van der Waals surface area contributed by atoms with Gasteiger partial charge in [-0.25, -0.2) is 15.0 Å². The van der Waals surface area contributed by atoms with Crippen molar-refractivity contribution in [1.82, 2.24) is 19.3 Å². The second kappa shape index (κ2) is 4.42. The van der Waals surface area contributed by atoms with Crippen LogP contribution in [0.3, 0.4) is 0 Å². The summed E-state index contributed by atoms with van der Waals surface area (Å²) in [6.45, 7) is 3.75. The Morgan fingerprint density at radius 3 is 2.80 bits per heavy atom. The molecule has 0 amide bonds. The van der Waals surface area contributed by atoms with Gasteiger partial charge in [-0.1, -0.05) is 11.6 Å². The average molecular weight is 259 g/mol. The molecule has 0 aliphatic heterocycles. The molecule has 2 aromatic rings. The summed E-state index contributed by atoms with van der Waals surface area (Å²) in [5.74, 6) is 0.778. The zero-order chi connectivity index (χ0) is 10.8. The van der Waals surface area contributed by atoms with Crippen LogP contribution in [0.15, 0.2) is 15.7 Å². The monoisotopic (exact) mass is 258 g/mol. The van der Waals surface area contributed by atoms with E-state index in [-0.39, 0.29) is 0 Å². The van der Waals surface area contributed by atoms with Crippen molar-refractivity contribution < 1.29 is 0 Å². The van der Waals surface area contributed by atoms with Crippen LogP contribution in [0, 0.1) is 13.8 Å². The SMILES string of the molecule is Cc1nsc(Sc2ncnc(Cl)c2C)n1. The molecule has 0 N–H and O–H groups in total. The molecule has 78 valence electrons. The highest BCUT2D eigenvalue weighted by atomic mass is 35.5. The predicted octanol–water partition coefficient (Wildman–Crippen LogP) is 2.75. The summed E-state index contributed by atoms with van der Waals surface area (Å²) >= 11 is 8.70. The summed E-state index contributed by atoms with van der Waals surface area (Å²) in [5.41, 5.74) is 0.872. The average Bonchev–Trinajstić information content (AvgIpc) is 2.59. The van der Waals surface area contributed by atoms with Gasteiger partial charge in [0, 0.05) is 5.56 Å². The number of hydrogen-bond acceptors (Lipinski definition) is 6. The smallest absolute Gasteiger partial charge is 0.176 e. The Labute approximate surface area is 100 Å². The number of halogens is 1. The van der Waals surface area contributed by atoms with Crippen LogP contribution in [0.5, 0.6) is 0 Å². The predicted molar refractivity (Wildman–Crippen MR) is 60.5 cm³/mol. The minimum absolute atomic E-state index is 0.480. The third-order valence-electron chi connectivity index (χ3n) is 1.67. The van der Waals surface area contributed by atoms with E-state index >= 15 is 0 Å². The van der Waals surface area contributed by atoms with Gasteiger partial charge in [0.2, 0.25) is 0 Å². The zero-order valence-corrected chi connectivity index (χ0v) is 10.4. The Bertz CT molecular complexity index is 485. The van der Waals surface area contributed by atoms with Crippen molar-refractivity contribution in [3.8, 4) is 0 Å². The van der Waals surface area contributed by atoms with E-state index in [1.807, 2.05) is 13.8 Å². The van der Waals surface area contributed by atoms with Crippen molar-refractivity contribution in [3.05, 3.63) is 22.9 Å². The molecule has 0 aliphatic carbocycles. The molecule has 0 unspecified atom stereocenters. The van der Waals surface area contributed by atoms with Gasteiger partial charge in [0.1, 0.15) is 22.3 Å². The Kier molecular flexibility index (Phi) is 3.18. The minimum atomic E-state index is 0.480. The topological polar surface area (TPSA) is 51.6 Å². The van der Waals surface area contributed by atoms with Gasteiger partial charge < -0.3 is 0 Å². The van der Waals surface area contributed by atoms with Gasteiger partial charge in [0.05, 0.1) is 0 Å². The van der Waals surface area contributed by atoms with Gasteiger partial charge in [-0.2, -0.15) is 4.37 Å². The van der Waals surface area contributed by atoms with E-state index in [9.17, 15) is 0 Å². The molecule has 2 rings (SSSR count).